The van der Waals surface area contributed by atoms with Crippen LogP contribution in [0, 0.1) is 5.82 Å². The van der Waals surface area contributed by atoms with E-state index in [4.69, 9.17) is 0 Å². The highest BCUT2D eigenvalue weighted by Crippen LogP contribution is 2.13. The molecule has 0 saturated carbocycles. The quantitative estimate of drug-likeness (QED) is 0.686. The number of nitrogens with zero attached hydrogens (tertiary/aromatic N) is 4. The van der Waals surface area contributed by atoms with Gasteiger partial charge >= 0.3 is 0 Å². The van der Waals surface area contributed by atoms with Crippen LogP contribution in [0.2, 0.25) is 0 Å². The molecule has 0 radical (unpaired) electrons. The lowest BCUT2D eigenvalue weighted by Crippen LogP contribution is -2.50. The minimum Gasteiger partial charge on any atom is -0.335 e. The maximum Gasteiger partial charge on any atom is 0.257 e. The first-order valence-electron chi connectivity index (χ1n) is 9.50. The van der Waals surface area contributed by atoms with Crippen molar-refractivity contribution in [3.05, 3.63) is 89.5 Å². The van der Waals surface area contributed by atoms with Gasteiger partial charge in [0.15, 0.2) is 0 Å². The molecule has 0 N–H and O–H groups in total. The van der Waals surface area contributed by atoms with Crippen molar-refractivity contribution in [3.8, 4) is 0 Å². The smallest absolute Gasteiger partial charge is 0.257 e. The Morgan fingerprint density at radius 1 is 0.862 bits per heavy atom. The molecule has 2 amide bonds. The molecule has 1 aliphatic heterocycles. The Kier molecular flexibility index (Phi) is 5.37. The van der Waals surface area contributed by atoms with E-state index < -0.39 is 5.82 Å². The molecule has 0 unspecified atom stereocenters. The van der Waals surface area contributed by atoms with Crippen LogP contribution in [0.25, 0.3) is 0 Å². The summed E-state index contributed by atoms with van der Waals surface area (Å²) >= 11 is 0. The van der Waals surface area contributed by atoms with Crippen molar-refractivity contribution >= 4 is 11.8 Å². The van der Waals surface area contributed by atoms with Crippen molar-refractivity contribution < 1.29 is 14.0 Å². The second-order valence-electron chi connectivity index (χ2n) is 7.01. The number of aromatic nitrogens is 2. The van der Waals surface area contributed by atoms with Crippen LogP contribution in [0.3, 0.4) is 0 Å². The van der Waals surface area contributed by atoms with E-state index >= 15 is 0 Å². The molecule has 3 aromatic rings. The second-order valence-corrected chi connectivity index (χ2v) is 7.01. The fourth-order valence-corrected chi connectivity index (χ4v) is 3.43. The van der Waals surface area contributed by atoms with Gasteiger partial charge in [-0.1, -0.05) is 36.4 Å². The first kappa shape index (κ1) is 18.9. The Balaban J connectivity index is 1.35. The maximum atomic E-state index is 13.4. The highest BCUT2D eigenvalue weighted by Gasteiger charge is 2.26. The zero-order valence-corrected chi connectivity index (χ0v) is 15.9. The van der Waals surface area contributed by atoms with E-state index in [0.29, 0.717) is 43.9 Å². The average Bonchev–Trinajstić information content (AvgIpc) is 3.22. The van der Waals surface area contributed by atoms with Gasteiger partial charge in [0.2, 0.25) is 0 Å². The van der Waals surface area contributed by atoms with Crippen molar-refractivity contribution in [1.29, 1.82) is 0 Å². The fourth-order valence-electron chi connectivity index (χ4n) is 3.43. The van der Waals surface area contributed by atoms with Crippen LogP contribution in [-0.4, -0.2) is 57.6 Å². The van der Waals surface area contributed by atoms with Crippen LogP contribution in [0.5, 0.6) is 0 Å². The molecule has 2 aromatic carbocycles. The van der Waals surface area contributed by atoms with E-state index in [0.717, 1.165) is 5.56 Å². The van der Waals surface area contributed by atoms with Crippen LogP contribution in [0.4, 0.5) is 4.39 Å². The lowest BCUT2D eigenvalue weighted by Gasteiger charge is -2.34. The Hall–Kier alpha value is -3.48. The lowest BCUT2D eigenvalue weighted by molar-refractivity contribution is 0.0535. The largest absolute Gasteiger partial charge is 0.335 e. The van der Waals surface area contributed by atoms with Gasteiger partial charge in [-0.2, -0.15) is 5.10 Å². The van der Waals surface area contributed by atoms with E-state index in [9.17, 15) is 14.0 Å². The molecule has 6 nitrogen and oxygen atoms in total. The van der Waals surface area contributed by atoms with E-state index in [1.807, 2.05) is 30.3 Å². The zero-order chi connectivity index (χ0) is 20.2. The standard InChI is InChI=1S/C22H21FN4O2/c23-20-8-4-7-18(13-20)21(28)25-9-11-26(12-10-25)22(29)19-14-24-27(16-19)15-17-5-2-1-3-6-17/h1-8,13-14,16H,9-12,15H2. The van der Waals surface area contributed by atoms with Gasteiger partial charge < -0.3 is 9.80 Å². The van der Waals surface area contributed by atoms with Crippen molar-refractivity contribution in [2.45, 2.75) is 6.54 Å². The number of carbonyl (C=O) groups is 2. The van der Waals surface area contributed by atoms with Crippen LogP contribution in [-0.2, 0) is 6.54 Å². The summed E-state index contributed by atoms with van der Waals surface area (Å²) in [7, 11) is 0. The number of carbonyl (C=O) groups excluding carboxylic acids is 2. The normalized spacial score (nSPS) is 14.1. The number of hydrogen-bond donors (Lipinski definition) is 0. The van der Waals surface area contributed by atoms with Gasteiger partial charge in [-0.15, -0.1) is 0 Å². The van der Waals surface area contributed by atoms with Crippen molar-refractivity contribution in [2.75, 3.05) is 26.2 Å². The first-order valence-corrected chi connectivity index (χ1v) is 9.50. The molecule has 7 heteroatoms. The number of rotatable bonds is 4. The molecule has 0 spiro atoms. The molecular weight excluding hydrogens is 371 g/mol. The molecule has 0 bridgehead atoms. The van der Waals surface area contributed by atoms with E-state index in [-0.39, 0.29) is 11.8 Å². The molecule has 1 aromatic heterocycles. The van der Waals surface area contributed by atoms with E-state index in [1.54, 1.807) is 32.9 Å². The molecule has 0 aliphatic carbocycles. The van der Waals surface area contributed by atoms with Crippen LogP contribution < -0.4 is 0 Å². The molecule has 148 valence electrons. The maximum absolute atomic E-state index is 13.4. The van der Waals surface area contributed by atoms with E-state index in [1.165, 1.54) is 18.2 Å². The summed E-state index contributed by atoms with van der Waals surface area (Å²) in [6.45, 7) is 2.30. The molecule has 4 rings (SSSR count). The third-order valence-corrected chi connectivity index (χ3v) is 4.99. The molecule has 29 heavy (non-hydrogen) atoms. The Labute approximate surface area is 168 Å². The highest BCUT2D eigenvalue weighted by molar-refractivity contribution is 5.95. The molecule has 0 atom stereocenters. The zero-order valence-electron chi connectivity index (χ0n) is 15.9. The lowest BCUT2D eigenvalue weighted by atomic mass is 10.1. The first-order chi connectivity index (χ1) is 14.1. The minimum absolute atomic E-state index is 0.0952. The molecule has 2 heterocycles. The predicted octanol–water partition coefficient (Wildman–Crippen LogP) is 2.67. The van der Waals surface area contributed by atoms with Gasteiger partial charge in [0.05, 0.1) is 18.3 Å². The minimum atomic E-state index is -0.433. The van der Waals surface area contributed by atoms with Gasteiger partial charge in [0.25, 0.3) is 11.8 Å². The van der Waals surface area contributed by atoms with Gasteiger partial charge in [-0.05, 0) is 23.8 Å². The Morgan fingerprint density at radius 2 is 1.52 bits per heavy atom. The van der Waals surface area contributed by atoms with Crippen molar-refractivity contribution in [2.24, 2.45) is 0 Å². The summed E-state index contributed by atoms with van der Waals surface area (Å²) in [4.78, 5) is 28.7. The van der Waals surface area contributed by atoms with Crippen LogP contribution in [0.1, 0.15) is 26.3 Å². The Bertz CT molecular complexity index is 1010. The second kappa shape index (κ2) is 8.26. The van der Waals surface area contributed by atoms with E-state index in [2.05, 4.69) is 5.10 Å². The van der Waals surface area contributed by atoms with Crippen LogP contribution in [0.15, 0.2) is 67.0 Å². The fraction of sp³-hybridized carbons (Fsp3) is 0.227. The molecule has 1 fully saturated rings. The summed E-state index contributed by atoms with van der Waals surface area (Å²) in [5.41, 5.74) is 1.97. The number of piperazine rings is 1. The summed E-state index contributed by atoms with van der Waals surface area (Å²) in [6, 6.07) is 15.6. The molecular formula is C22H21FN4O2. The summed E-state index contributed by atoms with van der Waals surface area (Å²) < 4.78 is 15.1. The topological polar surface area (TPSA) is 58.4 Å². The van der Waals surface area contributed by atoms with Crippen molar-refractivity contribution in [1.82, 2.24) is 19.6 Å². The van der Waals surface area contributed by atoms with Gasteiger partial charge in [-0.25, -0.2) is 4.39 Å². The third-order valence-electron chi connectivity index (χ3n) is 4.99. The highest BCUT2D eigenvalue weighted by atomic mass is 19.1. The summed E-state index contributed by atoms with van der Waals surface area (Å²) in [5.74, 6) is -0.744. The van der Waals surface area contributed by atoms with Gasteiger partial charge in [0, 0.05) is 37.9 Å². The molecule has 1 aliphatic rings. The van der Waals surface area contributed by atoms with Gasteiger partial charge in [-0.3, -0.25) is 14.3 Å². The summed E-state index contributed by atoms with van der Waals surface area (Å²) in [5, 5.41) is 4.29. The molecule has 1 saturated heterocycles. The SMILES string of the molecule is O=C(c1cccc(F)c1)N1CCN(C(=O)c2cnn(Cc3ccccc3)c2)CC1. The monoisotopic (exact) mass is 392 g/mol. The number of hydrogen-bond acceptors (Lipinski definition) is 3. The number of benzene rings is 2. The van der Waals surface area contributed by atoms with Crippen molar-refractivity contribution in [3.63, 3.8) is 0 Å². The van der Waals surface area contributed by atoms with Gasteiger partial charge in [0.1, 0.15) is 5.82 Å². The predicted molar refractivity (Wildman–Crippen MR) is 106 cm³/mol. The Morgan fingerprint density at radius 3 is 2.17 bits per heavy atom. The number of amides is 2. The number of halogens is 1. The van der Waals surface area contributed by atoms with Crippen LogP contribution >= 0.6 is 0 Å². The average molecular weight is 392 g/mol. The summed E-state index contributed by atoms with van der Waals surface area (Å²) in [6.07, 6.45) is 3.33. The third kappa shape index (κ3) is 4.34.